The molecule has 1 fully saturated rings. The Morgan fingerprint density at radius 2 is 2.06 bits per heavy atom. The van der Waals surface area contributed by atoms with Gasteiger partial charge in [-0.25, -0.2) is 0 Å². The third-order valence-corrected chi connectivity index (χ3v) is 3.91. The summed E-state index contributed by atoms with van der Waals surface area (Å²) in [4.78, 5) is 2.58. The largest absolute Gasteiger partial charge is 0.329 e. The Balaban J connectivity index is 2.07. The van der Waals surface area contributed by atoms with Crippen LogP contribution < -0.4 is 5.73 Å². The molecule has 1 saturated heterocycles. The van der Waals surface area contributed by atoms with Crippen LogP contribution in [0, 0.1) is 6.92 Å². The van der Waals surface area contributed by atoms with Gasteiger partial charge in [0, 0.05) is 19.1 Å². The molecule has 1 unspecified atom stereocenters. The van der Waals surface area contributed by atoms with Gasteiger partial charge in [0.05, 0.1) is 0 Å². The fourth-order valence-corrected chi connectivity index (χ4v) is 2.72. The lowest BCUT2D eigenvalue weighted by atomic mass is 10.1. The van der Waals surface area contributed by atoms with Crippen LogP contribution in [0.15, 0.2) is 24.3 Å². The van der Waals surface area contributed by atoms with Crippen LogP contribution in [0.3, 0.4) is 0 Å². The molecule has 1 aromatic rings. The average Bonchev–Trinajstić information content (AvgIpc) is 2.57. The molecule has 0 aromatic heterocycles. The molecular formula is C15H24N2. The van der Waals surface area contributed by atoms with Crippen molar-refractivity contribution in [2.45, 2.75) is 45.2 Å². The zero-order chi connectivity index (χ0) is 12.1. The highest BCUT2D eigenvalue weighted by Crippen LogP contribution is 2.19. The van der Waals surface area contributed by atoms with Crippen molar-refractivity contribution in [2.75, 3.05) is 13.1 Å². The van der Waals surface area contributed by atoms with Gasteiger partial charge in [-0.3, -0.25) is 4.90 Å². The first kappa shape index (κ1) is 12.6. The van der Waals surface area contributed by atoms with Gasteiger partial charge in [0.15, 0.2) is 0 Å². The molecule has 0 spiro atoms. The van der Waals surface area contributed by atoms with Crippen LogP contribution in [0.1, 0.15) is 36.8 Å². The fourth-order valence-electron chi connectivity index (χ4n) is 2.72. The van der Waals surface area contributed by atoms with Gasteiger partial charge in [0.1, 0.15) is 0 Å². The van der Waals surface area contributed by atoms with E-state index in [9.17, 15) is 0 Å². The van der Waals surface area contributed by atoms with Gasteiger partial charge in [-0.05, 0) is 37.4 Å². The van der Waals surface area contributed by atoms with Crippen LogP contribution >= 0.6 is 0 Å². The Hall–Kier alpha value is -0.860. The van der Waals surface area contributed by atoms with E-state index >= 15 is 0 Å². The van der Waals surface area contributed by atoms with Crippen LogP contribution in [-0.4, -0.2) is 24.0 Å². The molecule has 0 saturated carbocycles. The molecule has 0 bridgehead atoms. The van der Waals surface area contributed by atoms with Gasteiger partial charge >= 0.3 is 0 Å². The summed E-state index contributed by atoms with van der Waals surface area (Å²) in [5.74, 6) is 0. The van der Waals surface area contributed by atoms with E-state index in [0.717, 1.165) is 13.1 Å². The Morgan fingerprint density at radius 1 is 1.24 bits per heavy atom. The second kappa shape index (κ2) is 6.18. The van der Waals surface area contributed by atoms with E-state index < -0.39 is 0 Å². The van der Waals surface area contributed by atoms with E-state index in [0.29, 0.717) is 6.04 Å². The molecule has 94 valence electrons. The molecule has 2 heteroatoms. The number of likely N-dealkylation sites (tertiary alicyclic amines) is 1. The second-order valence-corrected chi connectivity index (χ2v) is 5.14. The zero-order valence-electron chi connectivity index (χ0n) is 10.9. The van der Waals surface area contributed by atoms with Crippen LogP contribution in [-0.2, 0) is 6.54 Å². The minimum Gasteiger partial charge on any atom is -0.329 e. The van der Waals surface area contributed by atoms with Crippen LogP contribution in [0.5, 0.6) is 0 Å². The van der Waals surface area contributed by atoms with E-state index in [4.69, 9.17) is 5.73 Å². The molecule has 2 N–H and O–H groups in total. The normalized spacial score (nSPS) is 22.4. The summed E-state index contributed by atoms with van der Waals surface area (Å²) in [5, 5.41) is 0. The Kier molecular flexibility index (Phi) is 4.57. The maximum atomic E-state index is 5.91. The van der Waals surface area contributed by atoms with Gasteiger partial charge in [-0.15, -0.1) is 0 Å². The quantitative estimate of drug-likeness (QED) is 0.868. The van der Waals surface area contributed by atoms with Crippen molar-refractivity contribution in [1.82, 2.24) is 4.90 Å². The molecule has 1 aliphatic rings. The minimum absolute atomic E-state index is 0.581. The molecule has 17 heavy (non-hydrogen) atoms. The molecule has 0 amide bonds. The summed E-state index contributed by atoms with van der Waals surface area (Å²) in [7, 11) is 0. The molecule has 1 atom stereocenters. The second-order valence-electron chi connectivity index (χ2n) is 5.14. The standard InChI is InChI=1S/C15H24N2/c1-13-7-4-5-8-14(13)12-17-10-6-2-3-9-15(17)11-16/h4-5,7-8,15H,2-3,6,9-12,16H2,1H3. The van der Waals surface area contributed by atoms with Crippen molar-refractivity contribution in [3.8, 4) is 0 Å². The first-order chi connectivity index (χ1) is 8.31. The lowest BCUT2D eigenvalue weighted by molar-refractivity contribution is 0.195. The van der Waals surface area contributed by atoms with Crippen molar-refractivity contribution in [3.63, 3.8) is 0 Å². The molecule has 2 rings (SSSR count). The lowest BCUT2D eigenvalue weighted by Crippen LogP contribution is -2.39. The van der Waals surface area contributed by atoms with Crippen molar-refractivity contribution in [3.05, 3.63) is 35.4 Å². The van der Waals surface area contributed by atoms with E-state index in [1.807, 2.05) is 0 Å². The average molecular weight is 232 g/mol. The highest BCUT2D eigenvalue weighted by Gasteiger charge is 2.19. The molecular weight excluding hydrogens is 208 g/mol. The minimum atomic E-state index is 0.581. The summed E-state index contributed by atoms with van der Waals surface area (Å²) in [6.45, 7) is 5.27. The maximum Gasteiger partial charge on any atom is 0.0239 e. The number of hydrogen-bond donors (Lipinski definition) is 1. The van der Waals surface area contributed by atoms with Crippen molar-refractivity contribution in [2.24, 2.45) is 5.73 Å². The SMILES string of the molecule is Cc1ccccc1CN1CCCCCC1CN. The summed E-state index contributed by atoms with van der Waals surface area (Å²) < 4.78 is 0. The highest BCUT2D eigenvalue weighted by atomic mass is 15.2. The first-order valence-corrected chi connectivity index (χ1v) is 6.80. The summed E-state index contributed by atoms with van der Waals surface area (Å²) >= 11 is 0. The molecule has 1 heterocycles. The number of nitrogens with zero attached hydrogens (tertiary/aromatic N) is 1. The molecule has 1 aromatic carbocycles. The predicted molar refractivity (Wildman–Crippen MR) is 72.9 cm³/mol. The molecule has 2 nitrogen and oxygen atoms in total. The third kappa shape index (κ3) is 3.30. The molecule has 1 aliphatic heterocycles. The van der Waals surface area contributed by atoms with E-state index in [1.54, 1.807) is 0 Å². The van der Waals surface area contributed by atoms with Gasteiger partial charge < -0.3 is 5.73 Å². The zero-order valence-corrected chi connectivity index (χ0v) is 10.9. The third-order valence-electron chi connectivity index (χ3n) is 3.91. The lowest BCUT2D eigenvalue weighted by Gasteiger charge is -2.29. The molecule has 0 radical (unpaired) electrons. The number of hydrogen-bond acceptors (Lipinski definition) is 2. The number of benzene rings is 1. The Bertz CT molecular complexity index is 349. The van der Waals surface area contributed by atoms with E-state index in [1.165, 1.54) is 43.4 Å². The topological polar surface area (TPSA) is 29.3 Å². The Labute approximate surface area is 105 Å². The van der Waals surface area contributed by atoms with Gasteiger partial charge in [0.25, 0.3) is 0 Å². The van der Waals surface area contributed by atoms with Crippen molar-refractivity contribution in [1.29, 1.82) is 0 Å². The number of rotatable bonds is 3. The smallest absolute Gasteiger partial charge is 0.0239 e. The van der Waals surface area contributed by atoms with Gasteiger partial charge in [-0.1, -0.05) is 37.1 Å². The number of aryl methyl sites for hydroxylation is 1. The van der Waals surface area contributed by atoms with Crippen LogP contribution in [0.25, 0.3) is 0 Å². The number of nitrogens with two attached hydrogens (primary N) is 1. The maximum absolute atomic E-state index is 5.91. The first-order valence-electron chi connectivity index (χ1n) is 6.80. The van der Waals surface area contributed by atoms with E-state index in [2.05, 4.69) is 36.1 Å². The predicted octanol–water partition coefficient (Wildman–Crippen LogP) is 2.70. The summed E-state index contributed by atoms with van der Waals surface area (Å²) in [5.41, 5.74) is 8.76. The fraction of sp³-hybridized carbons (Fsp3) is 0.600. The molecule has 0 aliphatic carbocycles. The van der Waals surface area contributed by atoms with Crippen molar-refractivity contribution < 1.29 is 0 Å². The Morgan fingerprint density at radius 3 is 2.82 bits per heavy atom. The monoisotopic (exact) mass is 232 g/mol. The van der Waals surface area contributed by atoms with Crippen LogP contribution in [0.2, 0.25) is 0 Å². The van der Waals surface area contributed by atoms with Gasteiger partial charge in [-0.2, -0.15) is 0 Å². The van der Waals surface area contributed by atoms with Gasteiger partial charge in [0.2, 0.25) is 0 Å². The highest BCUT2D eigenvalue weighted by molar-refractivity contribution is 5.25. The summed E-state index contributed by atoms with van der Waals surface area (Å²) in [6, 6.07) is 9.27. The van der Waals surface area contributed by atoms with Crippen LogP contribution in [0.4, 0.5) is 0 Å². The van der Waals surface area contributed by atoms with E-state index in [-0.39, 0.29) is 0 Å². The van der Waals surface area contributed by atoms with Crippen molar-refractivity contribution >= 4 is 0 Å². The summed E-state index contributed by atoms with van der Waals surface area (Å²) in [6.07, 6.45) is 5.29.